The van der Waals surface area contributed by atoms with Gasteiger partial charge in [-0.2, -0.15) is 17.4 Å². The van der Waals surface area contributed by atoms with E-state index in [-0.39, 0.29) is 13.2 Å². The molecule has 2 aromatic carbocycles. The minimum atomic E-state index is -3.46. The lowest BCUT2D eigenvalue weighted by Gasteiger charge is -2.40. The number of nitrogens with one attached hydrogen (secondary N) is 1. The molecule has 2 heterocycles. The number of hydrogen-bond donors (Lipinski definition) is 5. The maximum absolute atomic E-state index is 12.2. The molecule has 0 amide bonds. The Kier molecular flexibility index (Phi) is 9.43. The summed E-state index contributed by atoms with van der Waals surface area (Å²) in [4.78, 5) is 0. The Hall–Kier alpha value is -1.80. The third kappa shape index (κ3) is 6.80. The molecule has 0 unspecified atom stereocenters. The summed E-state index contributed by atoms with van der Waals surface area (Å²) in [5.74, 6) is 0.602. The Morgan fingerprint density at radius 3 is 2.41 bits per heavy atom. The number of hydrogen-bond acceptors (Lipinski definition) is 8. The molecule has 5 atom stereocenters. The fraction of sp³-hybridized carbons (Fsp3) is 0.520. The van der Waals surface area contributed by atoms with E-state index in [2.05, 4.69) is 4.72 Å². The van der Waals surface area contributed by atoms with Crippen LogP contribution in [0.2, 0.25) is 5.02 Å². The van der Waals surface area contributed by atoms with Gasteiger partial charge in [-0.1, -0.05) is 35.9 Å². The fourth-order valence-corrected chi connectivity index (χ4v) is 6.01. The molecule has 10 nitrogen and oxygen atoms in total. The van der Waals surface area contributed by atoms with Crippen molar-refractivity contribution in [1.29, 1.82) is 0 Å². The first-order valence-corrected chi connectivity index (χ1v) is 14.1. The summed E-state index contributed by atoms with van der Waals surface area (Å²) in [5.41, 5.74) is 2.27. The zero-order valence-electron chi connectivity index (χ0n) is 20.2. The number of benzene rings is 2. The summed E-state index contributed by atoms with van der Waals surface area (Å²) in [6, 6.07) is 12.5. The van der Waals surface area contributed by atoms with Crippen molar-refractivity contribution in [2.45, 2.75) is 49.8 Å². The lowest BCUT2D eigenvalue weighted by molar-refractivity contribution is -0.231. The topological polar surface area (TPSA) is 149 Å². The van der Waals surface area contributed by atoms with E-state index in [1.165, 1.54) is 4.31 Å². The largest absolute Gasteiger partial charge is 0.492 e. The van der Waals surface area contributed by atoms with Crippen molar-refractivity contribution in [3.05, 3.63) is 64.2 Å². The number of aliphatic hydroxyl groups is 4. The first kappa shape index (κ1) is 28.2. The second-order valence-electron chi connectivity index (χ2n) is 9.28. The van der Waals surface area contributed by atoms with E-state index in [0.29, 0.717) is 35.8 Å². The van der Waals surface area contributed by atoms with E-state index >= 15 is 0 Å². The van der Waals surface area contributed by atoms with E-state index in [1.54, 1.807) is 30.3 Å². The van der Waals surface area contributed by atoms with Gasteiger partial charge < -0.3 is 29.9 Å². The smallest absolute Gasteiger partial charge is 0.279 e. The first-order valence-electron chi connectivity index (χ1n) is 12.2. The minimum Gasteiger partial charge on any atom is -0.492 e. The summed E-state index contributed by atoms with van der Waals surface area (Å²) in [5, 5.41) is 40.6. The summed E-state index contributed by atoms with van der Waals surface area (Å²) in [7, 11) is -3.46. The number of aliphatic hydroxyl groups excluding tert-OH is 4. The molecule has 2 aromatic rings. The molecule has 5 N–H and O–H groups in total. The van der Waals surface area contributed by atoms with Crippen LogP contribution in [-0.2, 0) is 21.4 Å². The molecule has 2 aliphatic rings. The zero-order valence-corrected chi connectivity index (χ0v) is 21.8. The highest BCUT2D eigenvalue weighted by atomic mass is 35.5. The molecule has 0 bridgehead atoms. The maximum atomic E-state index is 12.2. The van der Waals surface area contributed by atoms with E-state index in [1.807, 2.05) is 12.1 Å². The quantitative estimate of drug-likeness (QED) is 0.269. The van der Waals surface area contributed by atoms with Crippen LogP contribution in [-0.4, -0.2) is 90.4 Å². The van der Waals surface area contributed by atoms with Gasteiger partial charge in [0.15, 0.2) is 0 Å². The predicted octanol–water partition coefficient (Wildman–Crippen LogP) is 0.755. The highest BCUT2D eigenvalue weighted by Crippen LogP contribution is 2.34. The van der Waals surface area contributed by atoms with Crippen LogP contribution in [0.3, 0.4) is 0 Å². The average molecular weight is 557 g/mol. The van der Waals surface area contributed by atoms with Gasteiger partial charge in [-0.25, -0.2) is 0 Å². The van der Waals surface area contributed by atoms with Crippen LogP contribution >= 0.6 is 11.6 Å². The van der Waals surface area contributed by atoms with Crippen LogP contribution in [0.15, 0.2) is 42.5 Å². The SMILES string of the molecule is O=S(=O)(NCCOc1ccc(Cc2cc([C@@H]3O[C@H](CO)[C@@H](O)[C@H](O)[C@H]3O)ccc2Cl)cc1)N1CCCC1. The van der Waals surface area contributed by atoms with Crippen LogP contribution in [0.1, 0.15) is 35.6 Å². The number of ether oxygens (including phenoxy) is 2. The van der Waals surface area contributed by atoms with Gasteiger partial charge in [-0.15, -0.1) is 0 Å². The fourth-order valence-electron chi connectivity index (χ4n) is 4.57. The summed E-state index contributed by atoms with van der Waals surface area (Å²) >= 11 is 6.41. The van der Waals surface area contributed by atoms with E-state index in [9.17, 15) is 28.8 Å². The van der Waals surface area contributed by atoms with Gasteiger partial charge in [-0.3, -0.25) is 0 Å². The van der Waals surface area contributed by atoms with E-state index in [4.69, 9.17) is 21.1 Å². The van der Waals surface area contributed by atoms with Crippen LogP contribution in [0, 0.1) is 0 Å². The molecule has 2 saturated heterocycles. The standard InChI is InChI=1S/C25H33ClN2O8S/c26-20-8-5-17(25-24(32)23(31)22(30)21(15-29)36-25)14-18(20)13-16-3-6-19(7-4-16)35-12-9-27-37(33,34)28-10-1-2-11-28/h3-8,14,21-25,27,29-32H,1-2,9-13,15H2/t21-,22-,23+,24-,25+/m1/s1. The lowest BCUT2D eigenvalue weighted by Crippen LogP contribution is -2.55. The first-order chi connectivity index (χ1) is 17.7. The van der Waals surface area contributed by atoms with Gasteiger partial charge in [0.2, 0.25) is 0 Å². The second kappa shape index (κ2) is 12.4. The number of rotatable bonds is 10. The third-order valence-electron chi connectivity index (χ3n) is 6.67. The average Bonchev–Trinajstić information content (AvgIpc) is 3.44. The van der Waals surface area contributed by atoms with Crippen molar-refractivity contribution >= 4 is 21.8 Å². The van der Waals surface area contributed by atoms with Crippen molar-refractivity contribution < 1.29 is 38.3 Å². The summed E-state index contributed by atoms with van der Waals surface area (Å²) in [6.45, 7) is 0.959. The van der Waals surface area contributed by atoms with E-state index in [0.717, 1.165) is 24.0 Å². The number of nitrogens with zero attached hydrogens (tertiary/aromatic N) is 1. The van der Waals surface area contributed by atoms with Gasteiger partial charge in [0, 0.05) is 24.7 Å². The van der Waals surface area contributed by atoms with Crippen LogP contribution in [0.5, 0.6) is 5.75 Å². The lowest BCUT2D eigenvalue weighted by atomic mass is 9.90. The Morgan fingerprint density at radius 1 is 1.03 bits per heavy atom. The Balaban J connectivity index is 1.34. The van der Waals surface area contributed by atoms with Gasteiger partial charge >= 0.3 is 0 Å². The van der Waals surface area contributed by atoms with Gasteiger partial charge in [0.05, 0.1) is 6.61 Å². The molecule has 37 heavy (non-hydrogen) atoms. The van der Waals surface area contributed by atoms with Crippen molar-refractivity contribution in [3.8, 4) is 5.75 Å². The van der Waals surface area contributed by atoms with Crippen LogP contribution in [0.4, 0.5) is 0 Å². The molecule has 0 aromatic heterocycles. The van der Waals surface area contributed by atoms with Gasteiger partial charge in [0.25, 0.3) is 10.2 Å². The van der Waals surface area contributed by atoms with Gasteiger partial charge in [0.1, 0.15) is 42.9 Å². The number of halogens is 1. The highest BCUT2D eigenvalue weighted by molar-refractivity contribution is 7.87. The Morgan fingerprint density at radius 2 is 1.73 bits per heavy atom. The molecule has 0 spiro atoms. The molecule has 0 radical (unpaired) electrons. The van der Waals surface area contributed by atoms with Gasteiger partial charge in [-0.05, 0) is 54.2 Å². The normalized spacial score (nSPS) is 26.9. The zero-order chi connectivity index (χ0) is 26.6. The van der Waals surface area contributed by atoms with Crippen molar-refractivity contribution in [2.75, 3.05) is 32.8 Å². The van der Waals surface area contributed by atoms with Crippen LogP contribution in [0.25, 0.3) is 0 Å². The molecular weight excluding hydrogens is 524 g/mol. The summed E-state index contributed by atoms with van der Waals surface area (Å²) < 4.78 is 39.7. The molecule has 0 aliphatic carbocycles. The Bertz CT molecular complexity index is 1140. The Labute approximate surface area is 221 Å². The van der Waals surface area contributed by atoms with E-state index < -0.39 is 47.3 Å². The molecule has 204 valence electrons. The molecular formula is C25H33ClN2O8S. The van der Waals surface area contributed by atoms with Crippen molar-refractivity contribution in [1.82, 2.24) is 9.03 Å². The minimum absolute atomic E-state index is 0.168. The molecule has 2 fully saturated rings. The third-order valence-corrected chi connectivity index (χ3v) is 8.65. The van der Waals surface area contributed by atoms with Crippen LogP contribution < -0.4 is 9.46 Å². The maximum Gasteiger partial charge on any atom is 0.279 e. The monoisotopic (exact) mass is 556 g/mol. The molecule has 4 rings (SSSR count). The molecule has 0 saturated carbocycles. The van der Waals surface area contributed by atoms with Crippen molar-refractivity contribution in [2.24, 2.45) is 0 Å². The van der Waals surface area contributed by atoms with Crippen molar-refractivity contribution in [3.63, 3.8) is 0 Å². The highest BCUT2D eigenvalue weighted by Gasteiger charge is 2.44. The second-order valence-corrected chi connectivity index (χ2v) is 11.4. The predicted molar refractivity (Wildman–Crippen MR) is 137 cm³/mol. The molecule has 12 heteroatoms. The summed E-state index contributed by atoms with van der Waals surface area (Å²) in [6.07, 6.45) is -3.95. The molecule has 2 aliphatic heterocycles.